The highest BCUT2D eigenvalue weighted by molar-refractivity contribution is 5.79. The van der Waals surface area contributed by atoms with Crippen LogP contribution in [0.1, 0.15) is 32.6 Å². The van der Waals surface area contributed by atoms with Crippen molar-refractivity contribution in [1.82, 2.24) is 5.32 Å². The number of aliphatic hydroxyl groups is 1. The van der Waals surface area contributed by atoms with Crippen molar-refractivity contribution in [2.45, 2.75) is 38.6 Å². The molecule has 3 heteroatoms. The molecule has 0 saturated carbocycles. The van der Waals surface area contributed by atoms with E-state index in [1.807, 2.05) is 6.92 Å². The third-order valence-corrected chi connectivity index (χ3v) is 2.56. The van der Waals surface area contributed by atoms with Gasteiger partial charge in [0.1, 0.15) is 0 Å². The summed E-state index contributed by atoms with van der Waals surface area (Å²) in [7, 11) is 0. The maximum atomic E-state index is 11.6. The first-order chi connectivity index (χ1) is 6.74. The number of allylic oxidation sites excluding steroid dienone is 2. The van der Waals surface area contributed by atoms with Crippen molar-refractivity contribution in [3.8, 4) is 0 Å². The number of hydrogen-bond donors (Lipinski definition) is 2. The van der Waals surface area contributed by atoms with Crippen LogP contribution in [-0.2, 0) is 4.79 Å². The highest BCUT2D eigenvalue weighted by Crippen LogP contribution is 2.17. The molecule has 0 spiro atoms. The van der Waals surface area contributed by atoms with Crippen LogP contribution in [0.4, 0.5) is 0 Å². The van der Waals surface area contributed by atoms with Gasteiger partial charge in [0.2, 0.25) is 5.91 Å². The molecule has 1 amide bonds. The molecule has 0 aromatic heterocycles. The Morgan fingerprint density at radius 2 is 2.21 bits per heavy atom. The monoisotopic (exact) mass is 197 g/mol. The summed E-state index contributed by atoms with van der Waals surface area (Å²) < 4.78 is 0. The molecule has 14 heavy (non-hydrogen) atoms. The third-order valence-electron chi connectivity index (χ3n) is 2.56. The summed E-state index contributed by atoms with van der Waals surface area (Å²) in [6, 6.07) is 0.176. The smallest absolute Gasteiger partial charge is 0.223 e. The van der Waals surface area contributed by atoms with Gasteiger partial charge in [0.15, 0.2) is 0 Å². The van der Waals surface area contributed by atoms with Gasteiger partial charge < -0.3 is 10.4 Å². The van der Waals surface area contributed by atoms with Gasteiger partial charge in [-0.25, -0.2) is 0 Å². The van der Waals surface area contributed by atoms with Crippen LogP contribution in [0.2, 0.25) is 0 Å². The van der Waals surface area contributed by atoms with Gasteiger partial charge in [-0.1, -0.05) is 12.2 Å². The van der Waals surface area contributed by atoms with Gasteiger partial charge in [0, 0.05) is 18.6 Å². The van der Waals surface area contributed by atoms with Crippen molar-refractivity contribution in [1.29, 1.82) is 0 Å². The first-order valence-corrected chi connectivity index (χ1v) is 5.30. The highest BCUT2D eigenvalue weighted by atomic mass is 16.2. The first kappa shape index (κ1) is 11.2. The van der Waals surface area contributed by atoms with Crippen molar-refractivity contribution in [3.05, 3.63) is 12.2 Å². The average molecular weight is 197 g/mol. The standard InChI is InChI=1S/C11H19NO2/c1-9(5-4-8-13)12-11(14)10-6-2-3-7-10/h2-3,9-10,13H,4-8H2,1H3,(H,12,14). The fourth-order valence-electron chi connectivity index (χ4n) is 1.66. The Morgan fingerprint density at radius 1 is 1.57 bits per heavy atom. The summed E-state index contributed by atoms with van der Waals surface area (Å²) in [5.74, 6) is 0.298. The largest absolute Gasteiger partial charge is 0.396 e. The first-order valence-electron chi connectivity index (χ1n) is 5.30. The van der Waals surface area contributed by atoms with E-state index in [1.54, 1.807) is 0 Å². The molecule has 0 saturated heterocycles. The summed E-state index contributed by atoms with van der Waals surface area (Å²) in [5, 5.41) is 11.6. The zero-order valence-corrected chi connectivity index (χ0v) is 8.70. The second-order valence-corrected chi connectivity index (χ2v) is 3.92. The van der Waals surface area contributed by atoms with Crippen LogP contribution in [0.5, 0.6) is 0 Å². The quantitative estimate of drug-likeness (QED) is 0.651. The molecule has 0 aromatic carbocycles. The molecule has 1 atom stereocenters. The number of aliphatic hydroxyl groups excluding tert-OH is 1. The molecule has 0 aromatic rings. The van der Waals surface area contributed by atoms with Gasteiger partial charge in [-0.3, -0.25) is 4.79 Å². The minimum Gasteiger partial charge on any atom is -0.396 e. The molecule has 80 valence electrons. The predicted molar refractivity (Wildman–Crippen MR) is 55.8 cm³/mol. The van der Waals surface area contributed by atoms with E-state index in [0.29, 0.717) is 0 Å². The molecular weight excluding hydrogens is 178 g/mol. The summed E-state index contributed by atoms with van der Waals surface area (Å²) in [5.41, 5.74) is 0. The van der Waals surface area contributed by atoms with Crippen LogP contribution in [0.15, 0.2) is 12.2 Å². The van der Waals surface area contributed by atoms with E-state index in [4.69, 9.17) is 5.11 Å². The molecule has 1 unspecified atom stereocenters. The number of hydrogen-bond acceptors (Lipinski definition) is 2. The molecule has 2 N–H and O–H groups in total. The average Bonchev–Trinajstić information content (AvgIpc) is 2.67. The van der Waals surface area contributed by atoms with Crippen LogP contribution in [0, 0.1) is 5.92 Å². The van der Waals surface area contributed by atoms with E-state index in [-0.39, 0.29) is 24.5 Å². The van der Waals surface area contributed by atoms with Crippen molar-refractivity contribution >= 4 is 5.91 Å². The van der Waals surface area contributed by atoms with Crippen LogP contribution in [-0.4, -0.2) is 23.7 Å². The van der Waals surface area contributed by atoms with E-state index in [0.717, 1.165) is 25.7 Å². The second-order valence-electron chi connectivity index (χ2n) is 3.92. The van der Waals surface area contributed by atoms with Crippen LogP contribution < -0.4 is 5.32 Å². The lowest BCUT2D eigenvalue weighted by Gasteiger charge is -2.16. The maximum Gasteiger partial charge on any atom is 0.223 e. The maximum absolute atomic E-state index is 11.6. The van der Waals surface area contributed by atoms with E-state index in [1.165, 1.54) is 0 Å². The van der Waals surface area contributed by atoms with Gasteiger partial charge in [0.25, 0.3) is 0 Å². The SMILES string of the molecule is CC(CCCO)NC(=O)C1CC=CC1. The summed E-state index contributed by atoms with van der Waals surface area (Å²) >= 11 is 0. The highest BCUT2D eigenvalue weighted by Gasteiger charge is 2.19. The number of rotatable bonds is 5. The normalized spacial score (nSPS) is 18.4. The molecule has 1 rings (SSSR count). The Morgan fingerprint density at radius 3 is 2.79 bits per heavy atom. The van der Waals surface area contributed by atoms with E-state index < -0.39 is 0 Å². The fraction of sp³-hybridized carbons (Fsp3) is 0.727. The summed E-state index contributed by atoms with van der Waals surface area (Å²) in [4.78, 5) is 11.6. The predicted octanol–water partition coefficient (Wildman–Crippen LogP) is 1.23. The van der Waals surface area contributed by atoms with Gasteiger partial charge in [-0.2, -0.15) is 0 Å². The minimum atomic E-state index is 0.145. The fourth-order valence-corrected chi connectivity index (χ4v) is 1.66. The second kappa shape index (κ2) is 5.81. The van der Waals surface area contributed by atoms with Gasteiger partial charge >= 0.3 is 0 Å². The molecule has 1 aliphatic carbocycles. The molecule has 0 fully saturated rings. The minimum absolute atomic E-state index is 0.145. The van der Waals surface area contributed by atoms with Crippen LogP contribution in [0.25, 0.3) is 0 Å². The molecule has 3 nitrogen and oxygen atoms in total. The molecular formula is C11H19NO2. The Labute approximate surface area is 85.2 Å². The summed E-state index contributed by atoms with van der Waals surface area (Å²) in [6.07, 6.45) is 7.47. The van der Waals surface area contributed by atoms with E-state index in [9.17, 15) is 4.79 Å². The van der Waals surface area contributed by atoms with E-state index in [2.05, 4.69) is 17.5 Å². The molecule has 0 aliphatic heterocycles. The molecule has 0 radical (unpaired) electrons. The molecule has 0 heterocycles. The van der Waals surface area contributed by atoms with Gasteiger partial charge in [0.05, 0.1) is 0 Å². The zero-order valence-electron chi connectivity index (χ0n) is 8.70. The van der Waals surface area contributed by atoms with Gasteiger partial charge in [-0.15, -0.1) is 0 Å². The molecule has 1 aliphatic rings. The topological polar surface area (TPSA) is 49.3 Å². The number of carbonyl (C=O) groups is 1. The van der Waals surface area contributed by atoms with Crippen molar-refractivity contribution in [3.63, 3.8) is 0 Å². The molecule has 0 bridgehead atoms. The van der Waals surface area contributed by atoms with E-state index >= 15 is 0 Å². The Hall–Kier alpha value is -0.830. The third kappa shape index (κ3) is 3.50. The number of amides is 1. The van der Waals surface area contributed by atoms with Crippen LogP contribution in [0.3, 0.4) is 0 Å². The van der Waals surface area contributed by atoms with Crippen LogP contribution >= 0.6 is 0 Å². The van der Waals surface area contributed by atoms with Crippen molar-refractivity contribution in [2.75, 3.05) is 6.61 Å². The Balaban J connectivity index is 2.18. The Kier molecular flexibility index (Phi) is 4.66. The zero-order chi connectivity index (χ0) is 10.4. The lowest BCUT2D eigenvalue weighted by molar-refractivity contribution is -0.125. The number of nitrogens with one attached hydrogen (secondary N) is 1. The Bertz CT molecular complexity index is 205. The number of carbonyl (C=O) groups excluding carboxylic acids is 1. The summed E-state index contributed by atoms with van der Waals surface area (Å²) in [6.45, 7) is 2.18. The van der Waals surface area contributed by atoms with Crippen molar-refractivity contribution < 1.29 is 9.90 Å². The lowest BCUT2D eigenvalue weighted by atomic mass is 10.1. The van der Waals surface area contributed by atoms with Crippen molar-refractivity contribution in [2.24, 2.45) is 5.92 Å². The lowest BCUT2D eigenvalue weighted by Crippen LogP contribution is -2.36. The van der Waals surface area contributed by atoms with Gasteiger partial charge in [-0.05, 0) is 32.6 Å².